The second kappa shape index (κ2) is 34.2. The summed E-state index contributed by atoms with van der Waals surface area (Å²) in [7, 11) is 0. The molecule has 1 unspecified atom stereocenters. The number of amides is 1. The van der Waals surface area contributed by atoms with Crippen LogP contribution in [-0.4, -0.2) is 81.4 Å². The molecule has 1 saturated carbocycles. The van der Waals surface area contributed by atoms with Gasteiger partial charge in [0.25, 0.3) is 5.91 Å². The molecule has 1 aliphatic carbocycles. The first-order valence-corrected chi connectivity index (χ1v) is 31.8. The van der Waals surface area contributed by atoms with Crippen LogP contribution < -0.4 is 33.7 Å². The van der Waals surface area contributed by atoms with Crippen LogP contribution >= 0.6 is 0 Å². The molecular formula is C79H67N3O16. The summed E-state index contributed by atoms with van der Waals surface area (Å²) >= 11 is 0. The summed E-state index contributed by atoms with van der Waals surface area (Å²) in [6.45, 7) is 1.93. The fourth-order valence-corrected chi connectivity index (χ4v) is 10.6. The third kappa shape index (κ3) is 19.6. The normalized spacial score (nSPS) is 14.1. The van der Waals surface area contributed by atoms with E-state index in [1.165, 1.54) is 24.3 Å². The van der Waals surface area contributed by atoms with Crippen LogP contribution in [0.15, 0.2) is 224 Å². The molecule has 1 amide bonds. The topological polar surface area (TPSA) is 262 Å². The monoisotopic (exact) mass is 1310 g/mol. The molecule has 0 aliphatic heterocycles. The lowest BCUT2D eigenvalue weighted by Gasteiger charge is -2.31. The molecule has 4 atom stereocenters. The van der Waals surface area contributed by atoms with Gasteiger partial charge in [0.1, 0.15) is 47.7 Å². The van der Waals surface area contributed by atoms with E-state index in [2.05, 4.69) is 17.5 Å². The zero-order chi connectivity index (χ0) is 68.6. The van der Waals surface area contributed by atoms with E-state index in [0.717, 1.165) is 27.8 Å². The molecule has 1 fully saturated rings. The van der Waals surface area contributed by atoms with E-state index in [4.69, 9.17) is 53.2 Å². The number of ether oxygens (including phenoxy) is 9. The van der Waals surface area contributed by atoms with E-state index in [1.807, 2.05) is 85.8 Å². The summed E-state index contributed by atoms with van der Waals surface area (Å²) in [5, 5.41) is 21.1. The maximum atomic E-state index is 13.7. The van der Waals surface area contributed by atoms with E-state index in [9.17, 15) is 33.6 Å². The standard InChI is InChI=1S/C79H67N3O16/c1-52(55-7-3-2-4-8-55)82-73(83)60-21-39-72(40-22-60)98-79(89)63-27-33-69(34-28-63)92-45-46-95-76(86)66-48-64(74(84)93-43-5-41-90-67-29-23-61(24-30-67)77(87)96-70-35-17-58(18-36-70)56-13-9-53(50-80)10-14-56)47-65(49-66)75(85)94-44-6-42-91-68-31-25-62(26-32-68)78(88)97-71-37-19-59(20-38-71)57-15-11-54(51-81)12-16-57/h2-4,7-40,52,64-66H,5-6,41-49H2,1H3,(H,82,83)/t52-,64-,65+,66?/m0/s1. The largest absolute Gasteiger partial charge is 0.493 e. The average molecular weight is 1310 g/mol. The molecule has 9 aromatic carbocycles. The molecule has 10 rings (SSSR count). The lowest BCUT2D eigenvalue weighted by Crippen LogP contribution is -2.37. The van der Waals surface area contributed by atoms with Gasteiger partial charge in [0.2, 0.25) is 0 Å². The summed E-state index contributed by atoms with van der Waals surface area (Å²) < 4.78 is 51.2. The van der Waals surface area contributed by atoms with Gasteiger partial charge in [-0.1, -0.05) is 78.9 Å². The Morgan fingerprint density at radius 2 is 0.673 bits per heavy atom. The lowest BCUT2D eigenvalue weighted by atomic mass is 9.75. The van der Waals surface area contributed by atoms with Gasteiger partial charge < -0.3 is 47.9 Å². The quantitative estimate of drug-likeness (QED) is 0.0207. The van der Waals surface area contributed by atoms with Crippen molar-refractivity contribution in [2.45, 2.75) is 45.1 Å². The van der Waals surface area contributed by atoms with Crippen LogP contribution in [0.3, 0.4) is 0 Å². The van der Waals surface area contributed by atoms with E-state index >= 15 is 0 Å². The number of nitrogens with one attached hydrogen (secondary N) is 1. The molecule has 0 spiro atoms. The van der Waals surface area contributed by atoms with Crippen LogP contribution in [0.1, 0.15) is 103 Å². The van der Waals surface area contributed by atoms with Gasteiger partial charge in [0, 0.05) is 18.4 Å². The van der Waals surface area contributed by atoms with Crippen LogP contribution in [0.4, 0.5) is 0 Å². The van der Waals surface area contributed by atoms with Crippen LogP contribution in [0.5, 0.6) is 34.5 Å². The minimum atomic E-state index is -0.866. The summed E-state index contributed by atoms with van der Waals surface area (Å²) in [5.74, 6) is -4.15. The molecule has 0 heterocycles. The van der Waals surface area contributed by atoms with Crippen molar-refractivity contribution < 1.29 is 76.2 Å². The molecule has 98 heavy (non-hydrogen) atoms. The number of nitriles is 2. The van der Waals surface area contributed by atoms with Crippen molar-refractivity contribution in [3.8, 4) is 68.9 Å². The summed E-state index contributed by atoms with van der Waals surface area (Å²) in [4.78, 5) is 92.9. The van der Waals surface area contributed by atoms with Crippen molar-refractivity contribution in [3.63, 3.8) is 0 Å². The molecule has 19 nitrogen and oxygen atoms in total. The minimum absolute atomic E-state index is 0.0255. The van der Waals surface area contributed by atoms with Crippen molar-refractivity contribution in [1.82, 2.24) is 5.32 Å². The molecule has 9 aromatic rings. The third-order valence-corrected chi connectivity index (χ3v) is 16.0. The number of nitrogens with zero attached hydrogens (tertiary/aromatic N) is 2. The Labute approximate surface area is 565 Å². The third-order valence-electron chi connectivity index (χ3n) is 16.0. The maximum Gasteiger partial charge on any atom is 0.343 e. The van der Waals surface area contributed by atoms with Gasteiger partial charge in [0.15, 0.2) is 0 Å². The molecule has 1 aliphatic rings. The number of rotatable bonds is 28. The fourth-order valence-electron chi connectivity index (χ4n) is 10.6. The Bertz CT molecular complexity index is 4100. The Morgan fingerprint density at radius 1 is 0.367 bits per heavy atom. The fraction of sp³-hybridized carbons (Fsp3) is 0.203. The highest BCUT2D eigenvalue weighted by Gasteiger charge is 2.41. The molecule has 0 bridgehead atoms. The molecule has 494 valence electrons. The second-order valence-electron chi connectivity index (χ2n) is 22.9. The van der Waals surface area contributed by atoms with Crippen LogP contribution in [0, 0.1) is 40.4 Å². The van der Waals surface area contributed by atoms with Crippen molar-refractivity contribution >= 4 is 41.7 Å². The number of hydrogen-bond acceptors (Lipinski definition) is 18. The SMILES string of the molecule is C[C@H](NC(=O)c1ccc(OC(=O)c2ccc(OCCOC(=O)C3C[C@@H](C(=O)OCCCOc4ccc(C(=O)Oc5ccc(-c6ccc(C#N)cc6)cc5)cc4)C[C@@H](C(=O)OCCCOc4ccc(C(=O)Oc5ccc(-c6ccc(C#N)cc6)cc5)cc4)C3)cc2)cc1)c1ccccc1. The van der Waals surface area contributed by atoms with Gasteiger partial charge in [-0.2, -0.15) is 10.5 Å². The summed E-state index contributed by atoms with van der Waals surface area (Å²) in [6, 6.07) is 67.1. The maximum absolute atomic E-state index is 13.7. The molecular weight excluding hydrogens is 1250 g/mol. The zero-order valence-corrected chi connectivity index (χ0v) is 53.4. The van der Waals surface area contributed by atoms with E-state index in [0.29, 0.717) is 69.4 Å². The van der Waals surface area contributed by atoms with Gasteiger partial charge in [0.05, 0.1) is 90.2 Å². The number of benzene rings is 9. The van der Waals surface area contributed by atoms with E-state index in [1.54, 1.807) is 121 Å². The lowest BCUT2D eigenvalue weighted by molar-refractivity contribution is -0.161. The summed E-state index contributed by atoms with van der Waals surface area (Å²) in [6.07, 6.45) is 0.781. The van der Waals surface area contributed by atoms with E-state index in [-0.39, 0.29) is 82.2 Å². The number of hydrogen-bond donors (Lipinski definition) is 1. The number of esters is 6. The Morgan fingerprint density at radius 3 is 1.03 bits per heavy atom. The zero-order valence-electron chi connectivity index (χ0n) is 53.4. The van der Waals surface area contributed by atoms with Gasteiger partial charge in [-0.3, -0.25) is 19.2 Å². The first-order valence-electron chi connectivity index (χ1n) is 31.8. The van der Waals surface area contributed by atoms with Crippen LogP contribution in [0.2, 0.25) is 0 Å². The Hall–Kier alpha value is -12.4. The first-order chi connectivity index (χ1) is 47.7. The van der Waals surface area contributed by atoms with Gasteiger partial charge in [-0.05, 0) is 200 Å². The van der Waals surface area contributed by atoms with Crippen molar-refractivity contribution in [2.75, 3.05) is 39.6 Å². The van der Waals surface area contributed by atoms with Gasteiger partial charge >= 0.3 is 35.8 Å². The van der Waals surface area contributed by atoms with Crippen LogP contribution in [-0.2, 0) is 28.6 Å². The molecule has 19 heteroatoms. The highest BCUT2D eigenvalue weighted by molar-refractivity contribution is 5.95. The molecule has 1 N–H and O–H groups in total. The van der Waals surface area contributed by atoms with Crippen molar-refractivity contribution in [1.29, 1.82) is 10.5 Å². The first kappa shape index (κ1) is 68.5. The molecule has 0 saturated heterocycles. The molecule has 0 radical (unpaired) electrons. The predicted molar refractivity (Wildman–Crippen MR) is 359 cm³/mol. The second-order valence-corrected chi connectivity index (χ2v) is 22.9. The average Bonchev–Trinajstić information content (AvgIpc) is 0.884. The number of carbonyl (C=O) groups is 7. The highest BCUT2D eigenvalue weighted by atomic mass is 16.6. The van der Waals surface area contributed by atoms with E-state index < -0.39 is 53.6 Å². The van der Waals surface area contributed by atoms with Gasteiger partial charge in [-0.15, -0.1) is 0 Å². The highest BCUT2D eigenvalue weighted by Crippen LogP contribution is 2.36. The Balaban J connectivity index is 0.669. The predicted octanol–water partition coefficient (Wildman–Crippen LogP) is 13.9. The summed E-state index contributed by atoms with van der Waals surface area (Å²) in [5.41, 5.74) is 6.93. The van der Waals surface area contributed by atoms with Gasteiger partial charge in [-0.25, -0.2) is 14.4 Å². The smallest absolute Gasteiger partial charge is 0.343 e. The minimum Gasteiger partial charge on any atom is -0.493 e. The number of carbonyl (C=O) groups excluding carboxylic acids is 7. The van der Waals surface area contributed by atoms with Crippen molar-refractivity contribution in [2.24, 2.45) is 17.8 Å². The van der Waals surface area contributed by atoms with Crippen LogP contribution in [0.25, 0.3) is 22.3 Å². The van der Waals surface area contributed by atoms with Crippen molar-refractivity contribution in [3.05, 3.63) is 263 Å². The molecule has 0 aromatic heterocycles. The Kier molecular flexibility index (Phi) is 23.9.